The van der Waals surface area contributed by atoms with E-state index in [1.165, 1.54) is 0 Å². The van der Waals surface area contributed by atoms with Gasteiger partial charge in [-0.25, -0.2) is 9.97 Å². The van der Waals surface area contributed by atoms with E-state index in [-0.39, 0.29) is 12.6 Å². The minimum Gasteiger partial charge on any atom is -0.394 e. The number of anilines is 1. The number of aliphatic hydroxyl groups is 1. The van der Waals surface area contributed by atoms with Gasteiger partial charge in [0.1, 0.15) is 11.5 Å². The zero-order valence-electron chi connectivity index (χ0n) is 14.6. The molecule has 3 aromatic rings. The van der Waals surface area contributed by atoms with Gasteiger partial charge in [0.05, 0.1) is 23.7 Å². The highest BCUT2D eigenvalue weighted by molar-refractivity contribution is 7.98. The molecule has 7 nitrogen and oxygen atoms in total. The molecule has 25 heavy (non-hydrogen) atoms. The van der Waals surface area contributed by atoms with Gasteiger partial charge >= 0.3 is 0 Å². The smallest absolute Gasteiger partial charge is 0.182 e. The van der Waals surface area contributed by atoms with E-state index in [0.29, 0.717) is 17.3 Å². The summed E-state index contributed by atoms with van der Waals surface area (Å²) in [6, 6.07) is 5.58. The molecule has 1 atom stereocenters. The van der Waals surface area contributed by atoms with E-state index in [9.17, 15) is 5.11 Å². The first-order valence-corrected chi connectivity index (χ1v) is 9.52. The Balaban J connectivity index is 2.08. The van der Waals surface area contributed by atoms with Crippen LogP contribution in [0.15, 0.2) is 24.4 Å². The number of thioether (sulfide) groups is 1. The molecule has 3 aromatic heterocycles. The molecule has 0 amide bonds. The number of aliphatic hydroxyl groups excluding tert-OH is 1. The number of rotatable bonds is 7. The van der Waals surface area contributed by atoms with E-state index < -0.39 is 0 Å². The first kappa shape index (κ1) is 17.6. The molecule has 3 rings (SSSR count). The van der Waals surface area contributed by atoms with Crippen molar-refractivity contribution in [2.24, 2.45) is 7.05 Å². The lowest BCUT2D eigenvalue weighted by molar-refractivity contribution is 0.272. The minimum absolute atomic E-state index is 0.0459. The highest BCUT2D eigenvalue weighted by atomic mass is 32.2. The molecule has 0 aliphatic carbocycles. The van der Waals surface area contributed by atoms with E-state index in [4.69, 9.17) is 0 Å². The Morgan fingerprint density at radius 3 is 2.84 bits per heavy atom. The third-order valence-electron chi connectivity index (χ3n) is 3.98. The molecule has 0 saturated heterocycles. The third kappa shape index (κ3) is 3.74. The molecule has 0 fully saturated rings. The molecule has 3 heterocycles. The molecule has 0 unspecified atom stereocenters. The van der Waals surface area contributed by atoms with Crippen molar-refractivity contribution in [3.05, 3.63) is 30.1 Å². The van der Waals surface area contributed by atoms with Crippen LogP contribution in [0.3, 0.4) is 0 Å². The van der Waals surface area contributed by atoms with Crippen molar-refractivity contribution < 1.29 is 5.11 Å². The maximum atomic E-state index is 9.70. The molecule has 0 aromatic carbocycles. The summed E-state index contributed by atoms with van der Waals surface area (Å²) in [5, 5.41) is 18.4. The molecular weight excluding hydrogens is 336 g/mol. The number of fused-ring (bicyclic) bond motifs is 1. The number of pyridine rings is 1. The fourth-order valence-electron chi connectivity index (χ4n) is 2.72. The average molecular weight is 358 g/mol. The van der Waals surface area contributed by atoms with Gasteiger partial charge < -0.3 is 10.4 Å². The fourth-order valence-corrected chi connectivity index (χ4v) is 3.24. The monoisotopic (exact) mass is 358 g/mol. The van der Waals surface area contributed by atoms with Crippen LogP contribution in [0.1, 0.15) is 12.1 Å². The zero-order chi connectivity index (χ0) is 17.8. The van der Waals surface area contributed by atoms with E-state index >= 15 is 0 Å². The van der Waals surface area contributed by atoms with Crippen molar-refractivity contribution in [3.8, 4) is 11.5 Å². The Morgan fingerprint density at radius 2 is 2.16 bits per heavy atom. The van der Waals surface area contributed by atoms with Crippen LogP contribution in [0, 0.1) is 6.92 Å². The highest BCUT2D eigenvalue weighted by Gasteiger charge is 2.18. The molecule has 0 bridgehead atoms. The Morgan fingerprint density at radius 1 is 1.32 bits per heavy atom. The fraction of sp³-hybridized carbons (Fsp3) is 0.412. The third-order valence-corrected chi connectivity index (χ3v) is 4.63. The maximum absolute atomic E-state index is 9.70. The normalized spacial score (nSPS) is 12.5. The second-order valence-electron chi connectivity index (χ2n) is 5.82. The van der Waals surface area contributed by atoms with Gasteiger partial charge in [-0.2, -0.15) is 16.9 Å². The molecule has 8 heteroatoms. The van der Waals surface area contributed by atoms with Gasteiger partial charge in [0.2, 0.25) is 0 Å². The Bertz CT molecular complexity index is 851. The number of nitrogens with zero attached hydrogens (tertiary/aromatic N) is 5. The van der Waals surface area contributed by atoms with Crippen LogP contribution in [0.25, 0.3) is 22.6 Å². The second-order valence-corrected chi connectivity index (χ2v) is 6.81. The van der Waals surface area contributed by atoms with Crippen molar-refractivity contribution in [1.82, 2.24) is 24.7 Å². The molecule has 0 saturated carbocycles. The summed E-state index contributed by atoms with van der Waals surface area (Å²) in [6.07, 6.45) is 4.63. The summed E-state index contributed by atoms with van der Waals surface area (Å²) < 4.78 is 1.75. The number of hydrogen-bond acceptors (Lipinski definition) is 7. The topological polar surface area (TPSA) is 88.8 Å². The summed E-state index contributed by atoms with van der Waals surface area (Å²) in [6.45, 7) is 1.98. The number of hydrogen-bond donors (Lipinski definition) is 2. The second kappa shape index (κ2) is 7.79. The summed E-state index contributed by atoms with van der Waals surface area (Å²) in [7, 11) is 1.87. The standard InChI is InChI=1S/C17H22N6OS/c1-11-14-16(19-12(10-24)7-9-25-3)20-15(13-6-4-5-8-18-13)21-17(14)23(2)22-11/h4-6,8,12,24H,7,9-10H2,1-3H3,(H,19,20,21)/t12-/m0/s1. The largest absolute Gasteiger partial charge is 0.394 e. The van der Waals surface area contributed by atoms with Crippen molar-refractivity contribution in [3.63, 3.8) is 0 Å². The van der Waals surface area contributed by atoms with Crippen molar-refractivity contribution in [2.75, 3.05) is 23.9 Å². The molecule has 0 spiro atoms. The number of aryl methyl sites for hydroxylation is 2. The minimum atomic E-state index is -0.0678. The van der Waals surface area contributed by atoms with Crippen LogP contribution in [-0.2, 0) is 7.05 Å². The van der Waals surface area contributed by atoms with E-state index in [1.807, 2.05) is 32.2 Å². The predicted molar refractivity (Wildman–Crippen MR) is 102 cm³/mol. The molecular formula is C17H22N6OS. The molecule has 2 N–H and O–H groups in total. The molecule has 0 aliphatic rings. The number of nitrogens with one attached hydrogen (secondary N) is 1. The van der Waals surface area contributed by atoms with Crippen molar-refractivity contribution in [1.29, 1.82) is 0 Å². The van der Waals surface area contributed by atoms with Gasteiger partial charge in [-0.05, 0) is 37.5 Å². The summed E-state index contributed by atoms with van der Waals surface area (Å²) in [5.74, 6) is 2.20. The Labute approximate surface area is 150 Å². The first-order valence-electron chi connectivity index (χ1n) is 8.13. The van der Waals surface area contributed by atoms with Crippen LogP contribution < -0.4 is 5.32 Å². The van der Waals surface area contributed by atoms with Gasteiger partial charge in [0, 0.05) is 13.2 Å². The highest BCUT2D eigenvalue weighted by Crippen LogP contribution is 2.27. The van der Waals surface area contributed by atoms with Gasteiger partial charge in [0.25, 0.3) is 0 Å². The van der Waals surface area contributed by atoms with E-state index in [2.05, 4.69) is 31.6 Å². The molecule has 0 aliphatic heterocycles. The average Bonchev–Trinajstić information content (AvgIpc) is 2.93. The molecule has 0 radical (unpaired) electrons. The maximum Gasteiger partial charge on any atom is 0.182 e. The van der Waals surface area contributed by atoms with Gasteiger partial charge in [-0.3, -0.25) is 9.67 Å². The van der Waals surface area contributed by atoms with Crippen molar-refractivity contribution >= 4 is 28.6 Å². The lowest BCUT2D eigenvalue weighted by atomic mass is 10.2. The Hall–Kier alpha value is -2.19. The van der Waals surface area contributed by atoms with Crippen LogP contribution in [0.2, 0.25) is 0 Å². The van der Waals surface area contributed by atoms with Crippen LogP contribution in [-0.4, -0.2) is 54.5 Å². The van der Waals surface area contributed by atoms with Gasteiger partial charge in [0.15, 0.2) is 11.5 Å². The van der Waals surface area contributed by atoms with Gasteiger partial charge in [-0.15, -0.1) is 0 Å². The van der Waals surface area contributed by atoms with Crippen LogP contribution >= 0.6 is 11.8 Å². The first-order chi connectivity index (χ1) is 12.1. The van der Waals surface area contributed by atoms with E-state index in [1.54, 1.807) is 22.6 Å². The molecule has 132 valence electrons. The lowest BCUT2D eigenvalue weighted by Crippen LogP contribution is -2.25. The summed E-state index contributed by atoms with van der Waals surface area (Å²) in [5.41, 5.74) is 2.31. The van der Waals surface area contributed by atoms with E-state index in [0.717, 1.165) is 28.9 Å². The summed E-state index contributed by atoms with van der Waals surface area (Å²) >= 11 is 1.76. The predicted octanol–water partition coefficient (Wildman–Crippen LogP) is 2.26. The summed E-state index contributed by atoms with van der Waals surface area (Å²) in [4.78, 5) is 13.7. The zero-order valence-corrected chi connectivity index (χ0v) is 15.4. The van der Waals surface area contributed by atoms with Gasteiger partial charge in [-0.1, -0.05) is 6.07 Å². The van der Waals surface area contributed by atoms with Crippen LogP contribution in [0.5, 0.6) is 0 Å². The quantitative estimate of drug-likeness (QED) is 0.669. The lowest BCUT2D eigenvalue weighted by Gasteiger charge is -2.17. The van der Waals surface area contributed by atoms with Crippen molar-refractivity contribution in [2.45, 2.75) is 19.4 Å². The Kier molecular flexibility index (Phi) is 5.50. The number of aromatic nitrogens is 5. The van der Waals surface area contributed by atoms with Crippen LogP contribution in [0.4, 0.5) is 5.82 Å². The SMILES string of the molecule is CSCC[C@@H](CO)Nc1nc(-c2ccccn2)nc2c1c(C)nn2C.